The van der Waals surface area contributed by atoms with E-state index in [4.69, 9.17) is 5.73 Å². The number of nitrogens with two attached hydrogens (primary N) is 1. The van der Waals surface area contributed by atoms with Crippen LogP contribution in [0.3, 0.4) is 0 Å². The van der Waals surface area contributed by atoms with Crippen LogP contribution in [0, 0.1) is 17.8 Å². The van der Waals surface area contributed by atoms with Crippen molar-refractivity contribution in [1.82, 2.24) is 14.7 Å². The van der Waals surface area contributed by atoms with Crippen molar-refractivity contribution in [2.75, 3.05) is 47.8 Å². The van der Waals surface area contributed by atoms with Crippen LogP contribution in [-0.4, -0.2) is 112 Å². The van der Waals surface area contributed by atoms with Gasteiger partial charge in [0.25, 0.3) is 5.91 Å². The van der Waals surface area contributed by atoms with Gasteiger partial charge >= 0.3 is 0 Å². The van der Waals surface area contributed by atoms with E-state index >= 15 is 0 Å². The van der Waals surface area contributed by atoms with Crippen molar-refractivity contribution in [3.05, 3.63) is 57.6 Å². The van der Waals surface area contributed by atoms with Crippen LogP contribution in [0.4, 0.5) is 0 Å². The number of aromatic hydroxyl groups is 1. The Bertz CT molecular complexity index is 1450. The van der Waals surface area contributed by atoms with Crippen LogP contribution in [0.15, 0.2) is 40.9 Å². The first kappa shape index (κ1) is 29.8. The molecule has 1 aromatic carbocycles. The van der Waals surface area contributed by atoms with E-state index in [9.17, 15) is 34.8 Å². The number of ketones is 1. The monoisotopic (exact) mass is 580 g/mol. The van der Waals surface area contributed by atoms with E-state index in [-0.39, 0.29) is 39.9 Å². The molecule has 5 rings (SSSR count). The van der Waals surface area contributed by atoms with Crippen LogP contribution >= 0.6 is 0 Å². The third kappa shape index (κ3) is 4.60. The number of aliphatic hydroxyl groups is 3. The van der Waals surface area contributed by atoms with E-state index in [1.807, 2.05) is 25.1 Å². The van der Waals surface area contributed by atoms with Crippen LogP contribution in [0.1, 0.15) is 41.3 Å². The Morgan fingerprint density at radius 2 is 1.81 bits per heavy atom. The molecule has 11 heteroatoms. The van der Waals surface area contributed by atoms with Crippen molar-refractivity contribution in [2.45, 2.75) is 37.8 Å². The summed E-state index contributed by atoms with van der Waals surface area (Å²) in [5.74, 6) is -4.42. The molecule has 3 unspecified atom stereocenters. The lowest BCUT2D eigenvalue weighted by atomic mass is 9.56. The normalized spacial score (nSPS) is 29.4. The molecular weight excluding hydrogens is 540 g/mol. The minimum absolute atomic E-state index is 0.0378. The molecule has 4 aliphatic rings. The van der Waals surface area contributed by atoms with Gasteiger partial charge in [-0.2, -0.15) is 0 Å². The molecule has 6 N–H and O–H groups in total. The molecular formula is C31H40N4O7. The molecule has 5 atom stereocenters. The summed E-state index contributed by atoms with van der Waals surface area (Å²) < 4.78 is 0. The number of primary amides is 1. The van der Waals surface area contributed by atoms with E-state index < -0.39 is 41.1 Å². The molecule has 3 aliphatic carbocycles. The van der Waals surface area contributed by atoms with Gasteiger partial charge in [0.2, 0.25) is 5.91 Å². The van der Waals surface area contributed by atoms with E-state index in [1.165, 1.54) is 13.0 Å². The van der Waals surface area contributed by atoms with Gasteiger partial charge in [0.05, 0.1) is 29.6 Å². The number of carbonyl (C=O) groups excluding carboxylic acids is 3. The Morgan fingerprint density at radius 3 is 2.38 bits per heavy atom. The minimum Gasteiger partial charge on any atom is -0.511 e. The Hall–Kier alpha value is -3.67. The van der Waals surface area contributed by atoms with E-state index in [1.54, 1.807) is 30.0 Å². The topological polar surface area (TPSA) is 168 Å². The standard InChI is InChI=1S/C31H40N4O7/c1-31(42)24-19(26(34(4)5)29(40)25(31)30(32)41)13-16-12-18-17(6-7-20(36)23(18)27(38)22(16)28(24)39)15-8-10-35(11-9-15)21(37)14-33(2)3/h6-8,16,19,24,26,36,39-40,42H,9-14H2,1-5H3,(H2,32,41)/t16?,19?,24?,26-,31+/m0/s1. The lowest BCUT2D eigenvalue weighted by Gasteiger charge is -2.52. The maximum absolute atomic E-state index is 14.0. The highest BCUT2D eigenvalue weighted by molar-refractivity contribution is 6.14. The summed E-state index contributed by atoms with van der Waals surface area (Å²) in [6.45, 7) is 2.62. The van der Waals surface area contributed by atoms with Crippen molar-refractivity contribution in [1.29, 1.82) is 0 Å². The molecule has 1 heterocycles. The van der Waals surface area contributed by atoms with Gasteiger partial charge in [-0.1, -0.05) is 12.1 Å². The maximum atomic E-state index is 14.0. The summed E-state index contributed by atoms with van der Waals surface area (Å²) in [4.78, 5) is 44.3. The number of amides is 2. The molecule has 0 saturated heterocycles. The van der Waals surface area contributed by atoms with Crippen LogP contribution in [-0.2, 0) is 16.0 Å². The predicted molar refractivity (Wildman–Crippen MR) is 156 cm³/mol. The molecule has 0 fully saturated rings. The second-order valence-corrected chi connectivity index (χ2v) is 12.6. The summed E-state index contributed by atoms with van der Waals surface area (Å²) in [6.07, 6.45) is 3.27. The molecule has 11 nitrogen and oxygen atoms in total. The van der Waals surface area contributed by atoms with Crippen LogP contribution in [0.2, 0.25) is 0 Å². The molecule has 0 radical (unpaired) electrons. The van der Waals surface area contributed by atoms with Crippen molar-refractivity contribution >= 4 is 23.2 Å². The predicted octanol–water partition coefficient (Wildman–Crippen LogP) is 1.36. The van der Waals surface area contributed by atoms with Gasteiger partial charge in [-0.15, -0.1) is 0 Å². The number of phenols is 1. The Kier molecular flexibility index (Phi) is 7.49. The second-order valence-electron chi connectivity index (χ2n) is 12.6. The van der Waals surface area contributed by atoms with E-state index in [2.05, 4.69) is 0 Å². The first-order chi connectivity index (χ1) is 19.7. The highest BCUT2D eigenvalue weighted by Gasteiger charge is 2.59. The van der Waals surface area contributed by atoms with Crippen molar-refractivity contribution in [3.8, 4) is 5.75 Å². The van der Waals surface area contributed by atoms with Gasteiger partial charge < -0.3 is 36.0 Å². The number of carbonyl (C=O) groups is 3. The minimum atomic E-state index is -2.03. The zero-order valence-corrected chi connectivity index (χ0v) is 24.7. The third-order valence-corrected chi connectivity index (χ3v) is 9.39. The molecule has 1 aromatic rings. The molecule has 0 spiro atoms. The smallest absolute Gasteiger partial charge is 0.251 e. The van der Waals surface area contributed by atoms with Crippen molar-refractivity contribution in [2.24, 2.45) is 23.5 Å². The van der Waals surface area contributed by atoms with Gasteiger partial charge in [-0.05, 0) is 89.0 Å². The number of rotatable bonds is 5. The number of hydrogen-bond donors (Lipinski definition) is 5. The number of likely N-dealkylation sites (N-methyl/N-ethyl adjacent to an activating group) is 2. The summed E-state index contributed by atoms with van der Waals surface area (Å²) >= 11 is 0. The van der Waals surface area contributed by atoms with Crippen molar-refractivity contribution < 1.29 is 34.8 Å². The lowest BCUT2D eigenvalue weighted by Crippen LogP contribution is -2.59. The van der Waals surface area contributed by atoms with Crippen LogP contribution < -0.4 is 5.73 Å². The van der Waals surface area contributed by atoms with Gasteiger partial charge in [-0.25, -0.2) is 0 Å². The first-order valence-electron chi connectivity index (χ1n) is 14.2. The van der Waals surface area contributed by atoms with Gasteiger partial charge in [0.1, 0.15) is 22.9 Å². The molecule has 2 amide bonds. The number of Topliss-reactive ketones (excluding diaryl/α,β-unsaturated/α-hetero) is 1. The van der Waals surface area contributed by atoms with Gasteiger partial charge in [0.15, 0.2) is 5.78 Å². The average Bonchev–Trinajstić information content (AvgIpc) is 2.87. The SMILES string of the molecule is CN(C)CC(=O)N1CC=C(c2ccc(O)c3c2CC2CC4C(C(O)=C2C3=O)[C@@](C)(O)C(C(N)=O)=C(O)[C@H]4N(C)C)CC1. The number of hydrogen-bond acceptors (Lipinski definition) is 9. The number of nitrogens with zero attached hydrogens (tertiary/aromatic N) is 3. The van der Waals surface area contributed by atoms with E-state index in [0.717, 1.165) is 11.1 Å². The van der Waals surface area contributed by atoms with Crippen LogP contribution in [0.5, 0.6) is 5.75 Å². The fraction of sp³-hybridized carbons (Fsp3) is 0.516. The maximum Gasteiger partial charge on any atom is 0.251 e. The highest BCUT2D eigenvalue weighted by atomic mass is 16.3. The van der Waals surface area contributed by atoms with Crippen LogP contribution in [0.25, 0.3) is 5.57 Å². The number of phenolic OH excluding ortho intramolecular Hbond substituents is 1. The Labute approximate surface area is 245 Å². The summed E-state index contributed by atoms with van der Waals surface area (Å²) in [5, 5.41) is 45.2. The summed E-state index contributed by atoms with van der Waals surface area (Å²) in [5.41, 5.74) is 5.88. The quantitative estimate of drug-likeness (QED) is 0.345. The highest BCUT2D eigenvalue weighted by Crippen LogP contribution is 2.55. The number of allylic oxidation sites excluding steroid dienone is 1. The molecule has 0 aromatic heterocycles. The lowest BCUT2D eigenvalue weighted by molar-refractivity contribution is -0.131. The zero-order chi connectivity index (χ0) is 30.8. The number of aliphatic hydroxyl groups excluding tert-OH is 2. The molecule has 226 valence electrons. The fourth-order valence-electron chi connectivity index (χ4n) is 7.71. The molecule has 0 bridgehead atoms. The number of fused-ring (bicyclic) bond motifs is 3. The molecule has 1 aliphatic heterocycles. The first-order valence-corrected chi connectivity index (χ1v) is 14.2. The zero-order valence-electron chi connectivity index (χ0n) is 24.7. The molecule has 42 heavy (non-hydrogen) atoms. The average molecular weight is 581 g/mol. The summed E-state index contributed by atoms with van der Waals surface area (Å²) in [6, 6.07) is 2.55. The largest absolute Gasteiger partial charge is 0.511 e. The third-order valence-electron chi connectivity index (χ3n) is 9.39. The summed E-state index contributed by atoms with van der Waals surface area (Å²) in [7, 11) is 7.15. The van der Waals surface area contributed by atoms with Gasteiger partial charge in [0, 0.05) is 18.7 Å². The second kappa shape index (κ2) is 10.6. The van der Waals surface area contributed by atoms with Crippen molar-refractivity contribution in [3.63, 3.8) is 0 Å². The number of benzene rings is 1. The molecule has 0 saturated carbocycles. The fourth-order valence-corrected chi connectivity index (χ4v) is 7.71. The van der Waals surface area contributed by atoms with E-state index in [0.29, 0.717) is 44.5 Å². The Morgan fingerprint density at radius 1 is 1.12 bits per heavy atom. The Balaban J connectivity index is 1.57. The van der Waals surface area contributed by atoms with Gasteiger partial charge in [-0.3, -0.25) is 19.3 Å².